The number of rotatable bonds is 72. The molecule has 19 heteroatoms. The van der Waals surface area contributed by atoms with Gasteiger partial charge in [0.2, 0.25) is 0 Å². The van der Waals surface area contributed by atoms with E-state index in [9.17, 15) is 43.2 Å². The Morgan fingerprint density at radius 2 is 0.568 bits per heavy atom. The van der Waals surface area contributed by atoms with E-state index in [1.165, 1.54) is 154 Å². The predicted octanol–water partition coefficient (Wildman–Crippen LogP) is 21.7. The van der Waals surface area contributed by atoms with E-state index in [1.54, 1.807) is 0 Å². The molecule has 95 heavy (non-hydrogen) atoms. The van der Waals surface area contributed by atoms with Gasteiger partial charge in [-0.15, -0.1) is 0 Å². The quantitative estimate of drug-likeness (QED) is 0.0169. The molecule has 0 aliphatic carbocycles. The molecule has 0 aliphatic heterocycles. The van der Waals surface area contributed by atoms with Gasteiger partial charge in [0.15, 0.2) is 12.2 Å². The third kappa shape index (κ3) is 69.8. The zero-order valence-electron chi connectivity index (χ0n) is 61.6. The highest BCUT2D eigenvalue weighted by molar-refractivity contribution is 7.47. The lowest BCUT2D eigenvalue weighted by molar-refractivity contribution is -0.161. The Bertz CT molecular complexity index is 1950. The van der Waals surface area contributed by atoms with Crippen LogP contribution in [0.2, 0.25) is 0 Å². The summed E-state index contributed by atoms with van der Waals surface area (Å²) in [6, 6.07) is 0. The summed E-state index contributed by atoms with van der Waals surface area (Å²) in [5, 5.41) is 10.6. The van der Waals surface area contributed by atoms with Crippen molar-refractivity contribution in [1.82, 2.24) is 0 Å². The molecule has 0 saturated carbocycles. The van der Waals surface area contributed by atoms with E-state index in [2.05, 4.69) is 72.8 Å². The van der Waals surface area contributed by atoms with E-state index in [4.69, 9.17) is 37.0 Å². The smallest absolute Gasteiger partial charge is 0.462 e. The SMILES string of the molecule is CCCCCC/C=C\C=C/CCCCCCCC(=O)O[C@H](COC(=O)CCCCCCCCCC(C)C)COP(=O)(O)OCC(O)COP(=O)(O)OC[C@@H](COC(=O)CCCCCCCCCCCCCCCCCC(C)C)OC(=O)CCCCCCCCCCCC(C)C. The van der Waals surface area contributed by atoms with Crippen molar-refractivity contribution in [2.45, 2.75) is 381 Å². The summed E-state index contributed by atoms with van der Waals surface area (Å²) in [4.78, 5) is 72.7. The first-order chi connectivity index (χ1) is 45.7. The van der Waals surface area contributed by atoms with Gasteiger partial charge in [-0.2, -0.15) is 0 Å². The summed E-state index contributed by atoms with van der Waals surface area (Å²) in [5.41, 5.74) is 0. The lowest BCUT2D eigenvalue weighted by Crippen LogP contribution is -2.30. The van der Waals surface area contributed by atoms with Gasteiger partial charge < -0.3 is 33.8 Å². The number of aliphatic hydroxyl groups excluding tert-OH is 1. The number of hydrogen-bond donors (Lipinski definition) is 3. The molecule has 3 unspecified atom stereocenters. The molecule has 0 amide bonds. The molecule has 0 rings (SSSR count). The summed E-state index contributed by atoms with van der Waals surface area (Å²) < 4.78 is 68.4. The van der Waals surface area contributed by atoms with E-state index < -0.39 is 97.5 Å². The van der Waals surface area contributed by atoms with Gasteiger partial charge in [0.1, 0.15) is 19.3 Å². The minimum atomic E-state index is -4.96. The van der Waals surface area contributed by atoms with Crippen molar-refractivity contribution in [1.29, 1.82) is 0 Å². The topological polar surface area (TPSA) is 237 Å². The lowest BCUT2D eigenvalue weighted by atomic mass is 10.0. The van der Waals surface area contributed by atoms with Crippen LogP contribution in [0.25, 0.3) is 0 Å². The van der Waals surface area contributed by atoms with Crippen LogP contribution in [-0.4, -0.2) is 96.7 Å². The van der Waals surface area contributed by atoms with Crippen LogP contribution < -0.4 is 0 Å². The molecule has 560 valence electrons. The molecule has 0 aromatic rings. The molecule has 0 radical (unpaired) electrons. The molecule has 0 bridgehead atoms. The van der Waals surface area contributed by atoms with E-state index in [-0.39, 0.29) is 25.7 Å². The van der Waals surface area contributed by atoms with Gasteiger partial charge in [0.25, 0.3) is 0 Å². The van der Waals surface area contributed by atoms with Crippen LogP contribution in [0.3, 0.4) is 0 Å². The average Bonchev–Trinajstić information content (AvgIpc) is 1.23. The van der Waals surface area contributed by atoms with Crippen molar-refractivity contribution in [3.05, 3.63) is 24.3 Å². The highest BCUT2D eigenvalue weighted by Gasteiger charge is 2.30. The highest BCUT2D eigenvalue weighted by atomic mass is 31.2. The molecule has 5 atom stereocenters. The summed E-state index contributed by atoms with van der Waals surface area (Å²) >= 11 is 0. The van der Waals surface area contributed by atoms with Crippen molar-refractivity contribution in [3.8, 4) is 0 Å². The first-order valence-corrected chi connectivity index (χ1v) is 41.7. The second kappa shape index (κ2) is 66.1. The predicted molar refractivity (Wildman–Crippen MR) is 386 cm³/mol. The third-order valence-corrected chi connectivity index (χ3v) is 18.9. The second-order valence-electron chi connectivity index (χ2n) is 28.1. The first kappa shape index (κ1) is 92.5. The summed E-state index contributed by atoms with van der Waals surface area (Å²) in [7, 11) is -9.92. The Balaban J connectivity index is 5.25. The Kier molecular flexibility index (Phi) is 64.4. The number of aliphatic hydroxyl groups is 1. The maximum absolute atomic E-state index is 13.1. The number of ether oxygens (including phenoxy) is 4. The highest BCUT2D eigenvalue weighted by Crippen LogP contribution is 2.45. The van der Waals surface area contributed by atoms with Crippen LogP contribution in [-0.2, 0) is 65.4 Å². The molecule has 0 spiro atoms. The molecule has 0 saturated heterocycles. The largest absolute Gasteiger partial charge is 0.472 e. The van der Waals surface area contributed by atoms with Crippen molar-refractivity contribution < 1.29 is 80.2 Å². The maximum Gasteiger partial charge on any atom is 0.472 e. The summed E-state index contributed by atoms with van der Waals surface area (Å²) in [6.07, 6.45) is 55.0. The number of unbranched alkanes of at least 4 members (excludes halogenated alkanes) is 37. The van der Waals surface area contributed by atoms with Crippen LogP contribution in [0.5, 0.6) is 0 Å². The molecule has 0 heterocycles. The Labute approximate surface area is 580 Å². The second-order valence-corrected chi connectivity index (χ2v) is 31.0. The maximum atomic E-state index is 13.1. The monoisotopic (exact) mass is 1390 g/mol. The van der Waals surface area contributed by atoms with Gasteiger partial charge in [-0.05, 0) is 69.1 Å². The van der Waals surface area contributed by atoms with Gasteiger partial charge >= 0.3 is 39.5 Å². The first-order valence-electron chi connectivity index (χ1n) is 38.7. The van der Waals surface area contributed by atoms with Gasteiger partial charge in [0.05, 0.1) is 26.4 Å². The summed E-state index contributed by atoms with van der Waals surface area (Å²) in [5.74, 6) is 0.0912. The van der Waals surface area contributed by atoms with Crippen LogP contribution in [0, 0.1) is 17.8 Å². The number of carbonyl (C=O) groups excluding carboxylic acids is 4. The molecular formula is C76H144O17P2. The minimum Gasteiger partial charge on any atom is -0.462 e. The number of phosphoric ester groups is 2. The van der Waals surface area contributed by atoms with Gasteiger partial charge in [0, 0.05) is 25.7 Å². The van der Waals surface area contributed by atoms with Crippen LogP contribution >= 0.6 is 15.6 Å². The van der Waals surface area contributed by atoms with Crippen molar-refractivity contribution in [2.75, 3.05) is 39.6 Å². The fourth-order valence-electron chi connectivity index (χ4n) is 11.1. The van der Waals surface area contributed by atoms with Gasteiger partial charge in [-0.1, -0.05) is 310 Å². The Morgan fingerprint density at radius 1 is 0.326 bits per heavy atom. The van der Waals surface area contributed by atoms with E-state index in [1.807, 2.05) is 0 Å². The van der Waals surface area contributed by atoms with Crippen LogP contribution in [0.4, 0.5) is 0 Å². The molecule has 0 aromatic heterocycles. The number of hydrogen-bond acceptors (Lipinski definition) is 15. The minimum absolute atomic E-state index is 0.0839. The summed E-state index contributed by atoms with van der Waals surface area (Å²) in [6.45, 7) is 11.8. The van der Waals surface area contributed by atoms with Gasteiger partial charge in [-0.25, -0.2) is 9.13 Å². The molecule has 0 aliphatic rings. The van der Waals surface area contributed by atoms with Crippen molar-refractivity contribution >= 4 is 39.5 Å². The number of allylic oxidation sites excluding steroid dienone is 4. The van der Waals surface area contributed by atoms with E-state index in [0.717, 1.165) is 121 Å². The lowest BCUT2D eigenvalue weighted by Gasteiger charge is -2.21. The molecule has 0 aromatic carbocycles. The zero-order chi connectivity index (χ0) is 70.1. The number of esters is 4. The molecule has 17 nitrogen and oxygen atoms in total. The Morgan fingerprint density at radius 3 is 0.853 bits per heavy atom. The fourth-order valence-corrected chi connectivity index (χ4v) is 12.6. The van der Waals surface area contributed by atoms with Crippen LogP contribution in [0.1, 0.15) is 363 Å². The standard InChI is InChI=1S/C76H144O17P2/c1-8-9-10-11-12-13-14-15-17-22-25-30-37-45-52-59-75(80)92-72(64-87-74(79)58-51-44-39-32-35-42-49-56-69(6)7)66-91-95(84,85)89-62-70(77)61-88-94(82,83)90-65-71(93-76(81)60-53-46-38-31-26-28-34-41-48-55-68(4)5)63-86-73(78)57-50-43-36-29-24-21-19-16-18-20-23-27-33-40-47-54-67(2)3/h13-15,17,67-72,77H,8-12,16,18-66H2,1-7H3,(H,82,83)(H,84,85)/b14-13-,17-15-/t70?,71-,72-/m1/s1. The molecule has 0 fully saturated rings. The average molecular weight is 1390 g/mol. The van der Waals surface area contributed by atoms with Crippen molar-refractivity contribution in [2.24, 2.45) is 17.8 Å². The zero-order valence-corrected chi connectivity index (χ0v) is 63.4. The van der Waals surface area contributed by atoms with Crippen molar-refractivity contribution in [3.63, 3.8) is 0 Å². The van der Waals surface area contributed by atoms with Gasteiger partial charge in [-0.3, -0.25) is 37.3 Å². The number of carbonyl (C=O) groups is 4. The van der Waals surface area contributed by atoms with E-state index in [0.29, 0.717) is 31.6 Å². The fraction of sp³-hybridized carbons (Fsp3) is 0.895. The molecular weight excluding hydrogens is 1250 g/mol. The molecule has 3 N–H and O–H groups in total. The normalized spacial score (nSPS) is 14.2. The number of phosphoric acid groups is 2. The Hall–Kier alpha value is -2.46. The van der Waals surface area contributed by atoms with Crippen LogP contribution in [0.15, 0.2) is 24.3 Å². The third-order valence-electron chi connectivity index (χ3n) is 17.0. The van der Waals surface area contributed by atoms with E-state index >= 15 is 0 Å².